The number of rotatable bonds is 1. The fraction of sp³-hybridized carbons (Fsp3) is 0.500. The van der Waals surface area contributed by atoms with Crippen LogP contribution >= 0.6 is 0 Å². The minimum Gasteiger partial charge on any atom is -0.369 e. The van der Waals surface area contributed by atoms with Gasteiger partial charge in [0.25, 0.3) is 0 Å². The number of nitrogens with zero attached hydrogens (tertiary/aromatic N) is 2. The molecule has 1 fully saturated rings. The fourth-order valence-electron chi connectivity index (χ4n) is 1.79. The third-order valence-corrected chi connectivity index (χ3v) is 2.47. The van der Waals surface area contributed by atoms with Crippen molar-refractivity contribution in [3.63, 3.8) is 0 Å². The van der Waals surface area contributed by atoms with Gasteiger partial charge in [-0.15, -0.1) is 0 Å². The Labute approximate surface area is 78.6 Å². The number of piperidine rings is 1. The zero-order chi connectivity index (χ0) is 9.10. The Hall–Kier alpha value is -1.09. The molecule has 0 radical (unpaired) electrons. The number of pyridine rings is 1. The molecule has 0 aromatic carbocycles. The number of nitrogens with two attached hydrogens (primary N) is 1. The predicted octanol–water partition coefficient (Wildman–Crippen LogP) is 1.01. The van der Waals surface area contributed by atoms with E-state index in [9.17, 15) is 0 Å². The highest BCUT2D eigenvalue weighted by Gasteiger charge is 2.16. The minimum atomic E-state index is 0.328. The lowest BCUT2D eigenvalue weighted by molar-refractivity contribution is 0.506. The zero-order valence-electron chi connectivity index (χ0n) is 7.69. The highest BCUT2D eigenvalue weighted by atomic mass is 15.2. The Morgan fingerprint density at radius 3 is 3.15 bits per heavy atom. The van der Waals surface area contributed by atoms with Gasteiger partial charge in [-0.3, -0.25) is 4.98 Å². The summed E-state index contributed by atoms with van der Waals surface area (Å²) in [7, 11) is 0. The number of hydrogen-bond donors (Lipinski definition) is 1. The van der Waals surface area contributed by atoms with Crippen molar-refractivity contribution in [1.29, 1.82) is 0 Å². The van der Waals surface area contributed by atoms with E-state index in [1.165, 1.54) is 12.1 Å². The van der Waals surface area contributed by atoms with E-state index < -0.39 is 0 Å². The molecule has 1 aromatic rings. The number of aromatic nitrogens is 1. The molecule has 13 heavy (non-hydrogen) atoms. The normalized spacial score (nSPS) is 23.2. The lowest BCUT2D eigenvalue weighted by atomic mass is 10.1. The standard InChI is InChI=1S/C10H15N3/c11-9-3-2-6-13(8-9)10-4-1-5-12-7-10/h1,4-5,7,9H,2-3,6,8,11H2/t9-/m0/s1. The van der Waals surface area contributed by atoms with Crippen LogP contribution in [0.1, 0.15) is 12.8 Å². The lowest BCUT2D eigenvalue weighted by Crippen LogP contribution is -2.42. The van der Waals surface area contributed by atoms with E-state index in [0.29, 0.717) is 6.04 Å². The van der Waals surface area contributed by atoms with Crippen LogP contribution in [0.25, 0.3) is 0 Å². The maximum Gasteiger partial charge on any atom is 0.0553 e. The molecule has 1 aliphatic rings. The summed E-state index contributed by atoms with van der Waals surface area (Å²) < 4.78 is 0. The molecule has 0 spiro atoms. The van der Waals surface area contributed by atoms with E-state index in [4.69, 9.17) is 5.73 Å². The third-order valence-electron chi connectivity index (χ3n) is 2.47. The summed E-state index contributed by atoms with van der Waals surface area (Å²) in [6, 6.07) is 4.38. The molecule has 0 saturated carbocycles. The molecular formula is C10H15N3. The smallest absolute Gasteiger partial charge is 0.0553 e. The molecule has 3 nitrogen and oxygen atoms in total. The van der Waals surface area contributed by atoms with Gasteiger partial charge in [0.15, 0.2) is 0 Å². The van der Waals surface area contributed by atoms with Gasteiger partial charge in [0.05, 0.1) is 11.9 Å². The molecule has 0 unspecified atom stereocenters. The van der Waals surface area contributed by atoms with Crippen LogP contribution in [0.2, 0.25) is 0 Å². The van der Waals surface area contributed by atoms with E-state index in [1.54, 1.807) is 6.20 Å². The monoisotopic (exact) mass is 177 g/mol. The summed E-state index contributed by atoms with van der Waals surface area (Å²) in [4.78, 5) is 6.41. The van der Waals surface area contributed by atoms with Crippen LogP contribution < -0.4 is 10.6 Å². The first-order valence-corrected chi connectivity index (χ1v) is 4.77. The SMILES string of the molecule is N[C@H]1CCCN(c2cccnc2)C1. The first-order valence-electron chi connectivity index (χ1n) is 4.77. The van der Waals surface area contributed by atoms with Crippen LogP contribution in [0.3, 0.4) is 0 Å². The van der Waals surface area contributed by atoms with Gasteiger partial charge in [0, 0.05) is 25.3 Å². The Kier molecular flexibility index (Phi) is 2.45. The molecule has 2 rings (SSSR count). The van der Waals surface area contributed by atoms with Gasteiger partial charge in [-0.25, -0.2) is 0 Å². The molecule has 3 heteroatoms. The van der Waals surface area contributed by atoms with Crippen molar-refractivity contribution in [2.75, 3.05) is 18.0 Å². The van der Waals surface area contributed by atoms with Crippen molar-refractivity contribution >= 4 is 5.69 Å². The van der Waals surface area contributed by atoms with E-state index in [1.807, 2.05) is 12.3 Å². The summed E-state index contributed by atoms with van der Waals surface area (Å²) in [6.07, 6.45) is 6.04. The van der Waals surface area contributed by atoms with E-state index in [-0.39, 0.29) is 0 Å². The van der Waals surface area contributed by atoms with Crippen LogP contribution in [0.4, 0.5) is 5.69 Å². The van der Waals surface area contributed by atoms with Gasteiger partial charge >= 0.3 is 0 Å². The van der Waals surface area contributed by atoms with E-state index in [0.717, 1.165) is 19.5 Å². The molecule has 0 bridgehead atoms. The van der Waals surface area contributed by atoms with E-state index in [2.05, 4.69) is 16.0 Å². The van der Waals surface area contributed by atoms with Crippen LogP contribution in [0.5, 0.6) is 0 Å². The number of hydrogen-bond acceptors (Lipinski definition) is 3. The first-order chi connectivity index (χ1) is 6.36. The summed E-state index contributed by atoms with van der Waals surface area (Å²) in [5.41, 5.74) is 7.09. The van der Waals surface area contributed by atoms with Gasteiger partial charge in [-0.2, -0.15) is 0 Å². The van der Waals surface area contributed by atoms with Crippen LogP contribution in [0.15, 0.2) is 24.5 Å². The topological polar surface area (TPSA) is 42.1 Å². The first kappa shape index (κ1) is 8.51. The Morgan fingerprint density at radius 2 is 2.46 bits per heavy atom. The van der Waals surface area contributed by atoms with Gasteiger partial charge in [-0.05, 0) is 25.0 Å². The largest absolute Gasteiger partial charge is 0.369 e. The second-order valence-corrected chi connectivity index (χ2v) is 3.56. The lowest BCUT2D eigenvalue weighted by Gasteiger charge is -2.32. The molecule has 1 aliphatic heterocycles. The molecular weight excluding hydrogens is 162 g/mol. The molecule has 2 N–H and O–H groups in total. The molecule has 1 atom stereocenters. The van der Waals surface area contributed by atoms with Crippen molar-refractivity contribution in [2.45, 2.75) is 18.9 Å². The maximum absolute atomic E-state index is 5.90. The van der Waals surface area contributed by atoms with E-state index >= 15 is 0 Å². The Morgan fingerprint density at radius 1 is 1.54 bits per heavy atom. The Balaban J connectivity index is 2.08. The number of anilines is 1. The minimum absolute atomic E-state index is 0.328. The summed E-state index contributed by atoms with van der Waals surface area (Å²) in [5.74, 6) is 0. The summed E-state index contributed by atoms with van der Waals surface area (Å²) in [5, 5.41) is 0. The average molecular weight is 177 g/mol. The molecule has 70 valence electrons. The van der Waals surface area contributed by atoms with Crippen LogP contribution in [0, 0.1) is 0 Å². The van der Waals surface area contributed by atoms with Crippen LogP contribution in [-0.4, -0.2) is 24.1 Å². The quantitative estimate of drug-likeness (QED) is 0.696. The predicted molar refractivity (Wildman–Crippen MR) is 53.7 cm³/mol. The molecule has 1 aromatic heterocycles. The van der Waals surface area contributed by atoms with Gasteiger partial charge in [0.1, 0.15) is 0 Å². The van der Waals surface area contributed by atoms with Crippen molar-refractivity contribution in [2.24, 2.45) is 5.73 Å². The molecule has 0 aliphatic carbocycles. The molecule has 2 heterocycles. The average Bonchev–Trinajstić information content (AvgIpc) is 2.19. The molecule has 1 saturated heterocycles. The summed E-state index contributed by atoms with van der Waals surface area (Å²) >= 11 is 0. The highest BCUT2D eigenvalue weighted by Crippen LogP contribution is 2.17. The fourth-order valence-corrected chi connectivity index (χ4v) is 1.79. The highest BCUT2D eigenvalue weighted by molar-refractivity contribution is 5.44. The van der Waals surface area contributed by atoms with Crippen molar-refractivity contribution in [3.05, 3.63) is 24.5 Å². The Bertz CT molecular complexity index is 260. The van der Waals surface area contributed by atoms with Gasteiger partial charge < -0.3 is 10.6 Å². The molecule has 0 amide bonds. The van der Waals surface area contributed by atoms with Gasteiger partial charge in [-0.1, -0.05) is 0 Å². The maximum atomic E-state index is 5.90. The van der Waals surface area contributed by atoms with Crippen molar-refractivity contribution < 1.29 is 0 Å². The second-order valence-electron chi connectivity index (χ2n) is 3.56. The zero-order valence-corrected chi connectivity index (χ0v) is 7.69. The van der Waals surface area contributed by atoms with Gasteiger partial charge in [0.2, 0.25) is 0 Å². The van der Waals surface area contributed by atoms with Crippen LogP contribution in [-0.2, 0) is 0 Å². The van der Waals surface area contributed by atoms with Crippen molar-refractivity contribution in [3.8, 4) is 0 Å². The third kappa shape index (κ3) is 1.98. The summed E-state index contributed by atoms with van der Waals surface area (Å²) in [6.45, 7) is 2.07. The second kappa shape index (κ2) is 3.75. The van der Waals surface area contributed by atoms with Crippen molar-refractivity contribution in [1.82, 2.24) is 4.98 Å².